The first-order valence-electron chi connectivity index (χ1n) is 19.1. The van der Waals surface area contributed by atoms with E-state index in [1.807, 2.05) is 0 Å². The third-order valence-corrected chi connectivity index (χ3v) is 11.1. The predicted octanol–water partition coefficient (Wildman–Crippen LogP) is 14.9. The molecule has 0 spiro atoms. The molecule has 0 aliphatic heterocycles. The minimum Gasteiger partial charge on any atom is -0.455 e. The van der Waals surface area contributed by atoms with Gasteiger partial charge in [0, 0.05) is 33.2 Å². The SMILES string of the molecule is CC1CC(N(c2ccc(-c3ccccc3)cc2)c2cccc(-c3cccc4oc5c6ccccc6c(-c6ccccc6)cc5c34)c2)=CC=C1c1ccccc1. The van der Waals surface area contributed by atoms with Crippen molar-refractivity contribution in [2.24, 2.45) is 5.92 Å². The molecule has 262 valence electrons. The highest BCUT2D eigenvalue weighted by atomic mass is 16.3. The van der Waals surface area contributed by atoms with Crippen molar-refractivity contribution in [1.82, 2.24) is 0 Å². The van der Waals surface area contributed by atoms with Gasteiger partial charge < -0.3 is 9.32 Å². The maximum atomic E-state index is 6.74. The molecule has 1 heterocycles. The average Bonchev–Trinajstić information content (AvgIpc) is 3.64. The van der Waals surface area contributed by atoms with Crippen molar-refractivity contribution in [3.8, 4) is 33.4 Å². The van der Waals surface area contributed by atoms with Gasteiger partial charge in [0.05, 0.1) is 0 Å². The number of nitrogens with zero attached hydrogens (tertiary/aromatic N) is 1. The van der Waals surface area contributed by atoms with E-state index in [-0.39, 0.29) is 0 Å². The maximum absolute atomic E-state index is 6.74. The van der Waals surface area contributed by atoms with E-state index in [1.165, 1.54) is 44.5 Å². The summed E-state index contributed by atoms with van der Waals surface area (Å²) < 4.78 is 6.74. The van der Waals surface area contributed by atoms with E-state index < -0.39 is 0 Å². The Labute approximate surface area is 321 Å². The first-order chi connectivity index (χ1) is 27.2. The minimum atomic E-state index is 0.358. The van der Waals surface area contributed by atoms with Gasteiger partial charge in [-0.25, -0.2) is 0 Å². The molecule has 0 saturated carbocycles. The van der Waals surface area contributed by atoms with Crippen LogP contribution in [-0.4, -0.2) is 0 Å². The molecule has 10 rings (SSSR count). The highest BCUT2D eigenvalue weighted by molar-refractivity contribution is 6.22. The fourth-order valence-corrected chi connectivity index (χ4v) is 8.49. The van der Waals surface area contributed by atoms with E-state index in [1.54, 1.807) is 0 Å². The van der Waals surface area contributed by atoms with Gasteiger partial charge in [-0.05, 0) is 105 Å². The zero-order valence-corrected chi connectivity index (χ0v) is 30.7. The van der Waals surface area contributed by atoms with Crippen LogP contribution >= 0.6 is 0 Å². The summed E-state index contributed by atoms with van der Waals surface area (Å²) in [6.45, 7) is 2.34. The number of allylic oxidation sites excluding steroid dienone is 4. The van der Waals surface area contributed by atoms with E-state index in [0.29, 0.717) is 5.92 Å². The lowest BCUT2D eigenvalue weighted by Gasteiger charge is -2.32. The van der Waals surface area contributed by atoms with E-state index in [9.17, 15) is 0 Å². The first kappa shape index (κ1) is 32.7. The van der Waals surface area contributed by atoms with Gasteiger partial charge in [0.25, 0.3) is 0 Å². The third-order valence-electron chi connectivity index (χ3n) is 11.1. The second-order valence-corrected chi connectivity index (χ2v) is 14.5. The Morgan fingerprint density at radius 1 is 0.455 bits per heavy atom. The van der Waals surface area contributed by atoms with Gasteiger partial charge in [-0.15, -0.1) is 0 Å². The lowest BCUT2D eigenvalue weighted by atomic mass is 9.86. The smallest absolute Gasteiger partial charge is 0.143 e. The summed E-state index contributed by atoms with van der Waals surface area (Å²) in [5, 5.41) is 4.58. The molecule has 0 N–H and O–H groups in total. The molecule has 2 nitrogen and oxygen atoms in total. The van der Waals surface area contributed by atoms with E-state index in [2.05, 4.69) is 212 Å². The molecule has 1 atom stereocenters. The molecule has 55 heavy (non-hydrogen) atoms. The van der Waals surface area contributed by atoms with Crippen molar-refractivity contribution >= 4 is 49.7 Å². The molecule has 0 bridgehead atoms. The molecule has 0 radical (unpaired) electrons. The topological polar surface area (TPSA) is 16.4 Å². The molecule has 2 heteroatoms. The van der Waals surface area contributed by atoms with Gasteiger partial charge >= 0.3 is 0 Å². The number of fused-ring (bicyclic) bond motifs is 5. The molecule has 0 amide bonds. The van der Waals surface area contributed by atoms with Crippen molar-refractivity contribution in [3.05, 3.63) is 211 Å². The Hall–Kier alpha value is -6.90. The Morgan fingerprint density at radius 3 is 1.80 bits per heavy atom. The predicted molar refractivity (Wildman–Crippen MR) is 232 cm³/mol. The molecule has 1 aliphatic rings. The number of rotatable bonds is 7. The van der Waals surface area contributed by atoms with Crippen LogP contribution in [0.15, 0.2) is 210 Å². The monoisotopic (exact) mass is 705 g/mol. The standard InChI is InChI=1S/C53H39NO/c1-36-33-44(31-32-45(36)39-17-7-3-8-18-39)54(42-29-27-38(28-30-42)37-15-5-2-6-16-37)43-22-13-21-41(34-43)46-25-14-26-51-52(46)50-35-49(40-19-9-4-10-20-40)47-23-11-12-24-48(47)53(50)55-51/h2-32,34-36H,33H2,1H3. The number of hydrogen-bond acceptors (Lipinski definition) is 2. The molecule has 1 aromatic heterocycles. The third kappa shape index (κ3) is 5.93. The van der Waals surface area contributed by atoms with E-state index >= 15 is 0 Å². The van der Waals surface area contributed by atoms with E-state index in [0.717, 1.165) is 56.2 Å². The summed E-state index contributed by atoms with van der Waals surface area (Å²) in [4.78, 5) is 2.45. The van der Waals surface area contributed by atoms with Gasteiger partial charge in [-0.1, -0.05) is 165 Å². The first-order valence-corrected chi connectivity index (χ1v) is 19.1. The quantitative estimate of drug-likeness (QED) is 0.164. The Morgan fingerprint density at radius 2 is 1.07 bits per heavy atom. The summed E-state index contributed by atoms with van der Waals surface area (Å²) in [5.41, 5.74) is 15.1. The second kappa shape index (κ2) is 13.8. The fourth-order valence-electron chi connectivity index (χ4n) is 8.49. The Bertz CT molecular complexity index is 2880. The van der Waals surface area contributed by atoms with Crippen LogP contribution < -0.4 is 4.90 Å². The number of anilines is 2. The molecule has 1 aliphatic carbocycles. The van der Waals surface area contributed by atoms with Crippen LogP contribution in [0.5, 0.6) is 0 Å². The maximum Gasteiger partial charge on any atom is 0.143 e. The zero-order valence-electron chi connectivity index (χ0n) is 30.7. The summed E-state index contributed by atoms with van der Waals surface area (Å²) in [5.74, 6) is 0.358. The molecular weight excluding hydrogens is 667 g/mol. The van der Waals surface area contributed by atoms with Crippen LogP contribution in [0.1, 0.15) is 18.9 Å². The largest absolute Gasteiger partial charge is 0.455 e. The number of furan rings is 1. The molecule has 1 unspecified atom stereocenters. The van der Waals surface area contributed by atoms with Gasteiger partial charge in [0.1, 0.15) is 11.2 Å². The zero-order chi connectivity index (χ0) is 36.7. The van der Waals surface area contributed by atoms with Crippen molar-refractivity contribution < 1.29 is 4.42 Å². The van der Waals surface area contributed by atoms with Crippen molar-refractivity contribution in [2.45, 2.75) is 13.3 Å². The highest BCUT2D eigenvalue weighted by Crippen LogP contribution is 2.45. The van der Waals surface area contributed by atoms with Crippen LogP contribution in [0.3, 0.4) is 0 Å². The number of hydrogen-bond donors (Lipinski definition) is 0. The van der Waals surface area contributed by atoms with Crippen LogP contribution in [0.25, 0.3) is 71.7 Å². The Kier molecular flexibility index (Phi) is 8.22. The van der Waals surface area contributed by atoms with Gasteiger partial charge in [0.2, 0.25) is 0 Å². The van der Waals surface area contributed by atoms with Crippen LogP contribution in [0.2, 0.25) is 0 Å². The average molecular weight is 706 g/mol. The van der Waals surface area contributed by atoms with E-state index in [4.69, 9.17) is 4.42 Å². The summed E-state index contributed by atoms with van der Waals surface area (Å²) in [6, 6.07) is 67.5. The molecular formula is C53H39NO. The van der Waals surface area contributed by atoms with Gasteiger partial charge in [-0.3, -0.25) is 0 Å². The summed E-state index contributed by atoms with van der Waals surface area (Å²) in [6.07, 6.45) is 5.56. The fraction of sp³-hybridized carbons (Fsp3) is 0.0566. The van der Waals surface area contributed by atoms with Crippen molar-refractivity contribution in [3.63, 3.8) is 0 Å². The lowest BCUT2D eigenvalue weighted by Crippen LogP contribution is -2.20. The molecule has 9 aromatic rings. The molecule has 0 saturated heterocycles. The number of benzene rings is 8. The van der Waals surface area contributed by atoms with Crippen LogP contribution in [0, 0.1) is 5.92 Å². The summed E-state index contributed by atoms with van der Waals surface area (Å²) >= 11 is 0. The lowest BCUT2D eigenvalue weighted by molar-refractivity contribution is 0.673. The highest BCUT2D eigenvalue weighted by Gasteiger charge is 2.24. The van der Waals surface area contributed by atoms with Gasteiger partial charge in [0.15, 0.2) is 0 Å². The molecule has 8 aromatic carbocycles. The normalized spacial score (nSPS) is 14.2. The second-order valence-electron chi connectivity index (χ2n) is 14.5. The van der Waals surface area contributed by atoms with Crippen LogP contribution in [-0.2, 0) is 0 Å². The van der Waals surface area contributed by atoms with Crippen molar-refractivity contribution in [2.75, 3.05) is 4.90 Å². The van der Waals surface area contributed by atoms with Gasteiger partial charge in [-0.2, -0.15) is 0 Å². The summed E-state index contributed by atoms with van der Waals surface area (Å²) in [7, 11) is 0. The van der Waals surface area contributed by atoms with Crippen LogP contribution in [0.4, 0.5) is 11.4 Å². The molecule has 0 fully saturated rings. The Balaban J connectivity index is 1.13. The minimum absolute atomic E-state index is 0.358. The van der Waals surface area contributed by atoms with Crippen molar-refractivity contribution in [1.29, 1.82) is 0 Å².